The molecule has 0 unspecified atom stereocenters. The smallest absolute Gasteiger partial charge is 0.220 e. The van der Waals surface area contributed by atoms with E-state index in [0.29, 0.717) is 6.42 Å². The number of hydrogen-bond donors (Lipinski definition) is 1. The number of fused-ring (bicyclic) bond motifs is 1. The largest absolute Gasteiger partial charge is 0.355 e. The van der Waals surface area contributed by atoms with Crippen molar-refractivity contribution in [3.63, 3.8) is 0 Å². The number of piperazine rings is 1. The van der Waals surface area contributed by atoms with Crippen LogP contribution in [0.15, 0.2) is 54.7 Å². The zero-order chi connectivity index (χ0) is 22.3. The van der Waals surface area contributed by atoms with Gasteiger partial charge in [0.2, 0.25) is 5.91 Å². The van der Waals surface area contributed by atoms with Crippen LogP contribution in [-0.4, -0.2) is 66.1 Å². The van der Waals surface area contributed by atoms with Gasteiger partial charge >= 0.3 is 0 Å². The number of amides is 1. The first-order chi connectivity index (χ1) is 15.6. The third-order valence-corrected chi connectivity index (χ3v) is 6.76. The first-order valence-corrected chi connectivity index (χ1v) is 12.0. The Labute approximate surface area is 192 Å². The van der Waals surface area contributed by atoms with E-state index in [9.17, 15) is 4.79 Å². The minimum Gasteiger partial charge on any atom is -0.355 e. The van der Waals surface area contributed by atoms with Gasteiger partial charge in [-0.1, -0.05) is 49.4 Å². The van der Waals surface area contributed by atoms with Crippen molar-refractivity contribution in [2.24, 2.45) is 0 Å². The number of aromatic nitrogens is 1. The molecule has 4 rings (SSSR count). The van der Waals surface area contributed by atoms with Gasteiger partial charge < -0.3 is 14.8 Å². The Balaban J connectivity index is 1.31. The van der Waals surface area contributed by atoms with Crippen LogP contribution < -0.4 is 5.32 Å². The van der Waals surface area contributed by atoms with Crippen LogP contribution in [0.4, 0.5) is 0 Å². The zero-order valence-corrected chi connectivity index (χ0v) is 19.5. The van der Waals surface area contributed by atoms with Gasteiger partial charge in [-0.05, 0) is 42.6 Å². The standard InChI is InChI=1S/C27H36N4O/c1-3-29-16-18-30(19-17-29)15-14-28-27(32)13-12-24-21-31(26-11-7-6-10-25(24)26)20-23-9-5-4-8-22(23)2/h4-11,21H,3,12-20H2,1-2H3,(H,28,32). The summed E-state index contributed by atoms with van der Waals surface area (Å²) in [5.41, 5.74) is 5.12. The normalized spacial score (nSPS) is 15.3. The number of nitrogens with zero attached hydrogens (tertiary/aromatic N) is 3. The van der Waals surface area contributed by atoms with Crippen molar-refractivity contribution < 1.29 is 4.79 Å². The van der Waals surface area contributed by atoms with Crippen molar-refractivity contribution in [3.05, 3.63) is 71.4 Å². The number of benzene rings is 2. The molecule has 1 aromatic heterocycles. The highest BCUT2D eigenvalue weighted by atomic mass is 16.1. The molecule has 3 aromatic rings. The lowest BCUT2D eigenvalue weighted by Gasteiger charge is -2.33. The summed E-state index contributed by atoms with van der Waals surface area (Å²) in [6, 6.07) is 17.1. The lowest BCUT2D eigenvalue weighted by atomic mass is 10.1. The van der Waals surface area contributed by atoms with Gasteiger partial charge in [0.25, 0.3) is 0 Å². The number of carbonyl (C=O) groups excluding carboxylic acids is 1. The SMILES string of the molecule is CCN1CCN(CCNC(=O)CCc2cn(Cc3ccccc3C)c3ccccc23)CC1. The quantitative estimate of drug-likeness (QED) is 0.561. The van der Waals surface area contributed by atoms with E-state index in [1.165, 1.54) is 27.6 Å². The van der Waals surface area contributed by atoms with E-state index >= 15 is 0 Å². The number of para-hydroxylation sites is 1. The molecule has 0 atom stereocenters. The monoisotopic (exact) mass is 432 g/mol. The van der Waals surface area contributed by atoms with Crippen LogP contribution in [-0.2, 0) is 17.8 Å². The molecule has 0 saturated carbocycles. The number of rotatable bonds is 9. The molecule has 1 aliphatic rings. The summed E-state index contributed by atoms with van der Waals surface area (Å²) in [5, 5.41) is 4.38. The average Bonchev–Trinajstić information content (AvgIpc) is 3.17. The maximum Gasteiger partial charge on any atom is 0.220 e. The van der Waals surface area contributed by atoms with E-state index in [2.05, 4.69) is 88.3 Å². The Kier molecular flexibility index (Phi) is 7.61. The van der Waals surface area contributed by atoms with Gasteiger partial charge in [0, 0.05) is 69.3 Å². The molecule has 1 fully saturated rings. The van der Waals surface area contributed by atoms with Gasteiger partial charge in [-0.3, -0.25) is 9.69 Å². The van der Waals surface area contributed by atoms with Crippen molar-refractivity contribution in [1.29, 1.82) is 0 Å². The fraction of sp³-hybridized carbons (Fsp3) is 0.444. The molecule has 1 aliphatic heterocycles. The Morgan fingerprint density at radius 2 is 1.66 bits per heavy atom. The molecular formula is C27H36N4O. The Morgan fingerprint density at radius 3 is 2.44 bits per heavy atom. The van der Waals surface area contributed by atoms with Gasteiger partial charge in [-0.15, -0.1) is 0 Å². The molecule has 1 saturated heterocycles. The first kappa shape index (κ1) is 22.6. The molecule has 32 heavy (non-hydrogen) atoms. The molecule has 5 heteroatoms. The highest BCUT2D eigenvalue weighted by Crippen LogP contribution is 2.24. The van der Waals surface area contributed by atoms with Crippen LogP contribution >= 0.6 is 0 Å². The van der Waals surface area contributed by atoms with Gasteiger partial charge in [-0.25, -0.2) is 0 Å². The minimum absolute atomic E-state index is 0.146. The second-order valence-corrected chi connectivity index (χ2v) is 8.85. The van der Waals surface area contributed by atoms with Crippen LogP contribution in [0.1, 0.15) is 30.0 Å². The summed E-state index contributed by atoms with van der Waals surface area (Å²) >= 11 is 0. The maximum absolute atomic E-state index is 12.5. The van der Waals surface area contributed by atoms with Crippen molar-refractivity contribution in [3.8, 4) is 0 Å². The number of hydrogen-bond acceptors (Lipinski definition) is 3. The summed E-state index contributed by atoms with van der Waals surface area (Å²) in [4.78, 5) is 17.4. The first-order valence-electron chi connectivity index (χ1n) is 12.0. The van der Waals surface area contributed by atoms with Crippen LogP contribution in [0.3, 0.4) is 0 Å². The van der Waals surface area contributed by atoms with E-state index in [1.807, 2.05) is 0 Å². The number of carbonyl (C=O) groups is 1. The zero-order valence-electron chi connectivity index (χ0n) is 19.5. The van der Waals surface area contributed by atoms with Crippen molar-refractivity contribution in [1.82, 2.24) is 19.7 Å². The highest BCUT2D eigenvalue weighted by molar-refractivity contribution is 5.85. The molecule has 2 heterocycles. The van der Waals surface area contributed by atoms with E-state index in [0.717, 1.165) is 58.8 Å². The fourth-order valence-corrected chi connectivity index (χ4v) is 4.64. The van der Waals surface area contributed by atoms with Gasteiger partial charge in [0.05, 0.1) is 0 Å². The van der Waals surface area contributed by atoms with Crippen LogP contribution in [0.2, 0.25) is 0 Å². The molecule has 1 amide bonds. The topological polar surface area (TPSA) is 40.5 Å². The lowest BCUT2D eigenvalue weighted by Crippen LogP contribution is -2.48. The highest BCUT2D eigenvalue weighted by Gasteiger charge is 2.15. The number of nitrogens with one attached hydrogen (secondary N) is 1. The van der Waals surface area contributed by atoms with Gasteiger partial charge in [0.15, 0.2) is 0 Å². The van der Waals surface area contributed by atoms with Crippen LogP contribution in [0, 0.1) is 6.92 Å². The molecule has 170 valence electrons. The molecular weight excluding hydrogens is 396 g/mol. The minimum atomic E-state index is 0.146. The molecule has 0 spiro atoms. The van der Waals surface area contributed by atoms with E-state index in [4.69, 9.17) is 0 Å². The van der Waals surface area contributed by atoms with Crippen LogP contribution in [0.5, 0.6) is 0 Å². The maximum atomic E-state index is 12.5. The molecule has 2 aromatic carbocycles. The predicted molar refractivity (Wildman–Crippen MR) is 132 cm³/mol. The van der Waals surface area contributed by atoms with E-state index in [1.54, 1.807) is 0 Å². The van der Waals surface area contributed by atoms with Crippen molar-refractivity contribution in [2.75, 3.05) is 45.8 Å². The Hall–Kier alpha value is -2.63. The van der Waals surface area contributed by atoms with Gasteiger partial charge in [0.1, 0.15) is 0 Å². The second-order valence-electron chi connectivity index (χ2n) is 8.85. The summed E-state index contributed by atoms with van der Waals surface area (Å²) < 4.78 is 2.32. The lowest BCUT2D eigenvalue weighted by molar-refractivity contribution is -0.121. The van der Waals surface area contributed by atoms with Gasteiger partial charge in [-0.2, -0.15) is 0 Å². The van der Waals surface area contributed by atoms with E-state index in [-0.39, 0.29) is 5.91 Å². The van der Waals surface area contributed by atoms with E-state index < -0.39 is 0 Å². The summed E-state index contributed by atoms with van der Waals surface area (Å²) in [5.74, 6) is 0.146. The van der Waals surface area contributed by atoms with Crippen molar-refractivity contribution in [2.45, 2.75) is 33.2 Å². The summed E-state index contributed by atoms with van der Waals surface area (Å²) in [6.07, 6.45) is 3.53. The predicted octanol–water partition coefficient (Wildman–Crippen LogP) is 3.68. The molecule has 5 nitrogen and oxygen atoms in total. The number of aryl methyl sites for hydroxylation is 2. The summed E-state index contributed by atoms with van der Waals surface area (Å²) in [6.45, 7) is 12.5. The molecule has 1 N–H and O–H groups in total. The Bertz CT molecular complexity index is 1030. The number of likely N-dealkylation sites (N-methyl/N-ethyl adjacent to an activating group) is 1. The summed E-state index contributed by atoms with van der Waals surface area (Å²) in [7, 11) is 0. The Morgan fingerprint density at radius 1 is 0.938 bits per heavy atom. The van der Waals surface area contributed by atoms with Crippen molar-refractivity contribution >= 4 is 16.8 Å². The molecule has 0 radical (unpaired) electrons. The third kappa shape index (κ3) is 5.59. The third-order valence-electron chi connectivity index (χ3n) is 6.76. The molecule has 0 bridgehead atoms. The second kappa shape index (κ2) is 10.8. The fourth-order valence-electron chi connectivity index (χ4n) is 4.64. The average molecular weight is 433 g/mol. The van der Waals surface area contributed by atoms with Crippen LogP contribution in [0.25, 0.3) is 10.9 Å². The molecule has 0 aliphatic carbocycles.